The lowest BCUT2D eigenvalue weighted by Crippen LogP contribution is -2.04. The molecule has 1 aromatic heterocycles. The minimum atomic E-state index is -0.857. The van der Waals surface area contributed by atoms with E-state index in [9.17, 15) is 10.1 Å². The van der Waals surface area contributed by atoms with Crippen LogP contribution in [0, 0.1) is 17.0 Å². The largest absolute Gasteiger partial charge is 0.299 e. The predicted octanol–water partition coefficient (Wildman–Crippen LogP) is 0.961. The molecular formula is C6H6N2O3. The summed E-state index contributed by atoms with van der Waals surface area (Å²) in [5.41, 5.74) is 0.504. The van der Waals surface area contributed by atoms with Gasteiger partial charge in [0, 0.05) is 6.20 Å². The Morgan fingerprint density at radius 2 is 2.45 bits per heavy atom. The molecule has 0 bridgehead atoms. The SMILES string of the molecule is Cc1ncccc1O[N+](=O)[O-]. The first-order valence-corrected chi connectivity index (χ1v) is 2.94. The number of rotatable bonds is 2. The number of nitrogens with zero attached hydrogens (tertiary/aromatic N) is 2. The molecule has 0 aliphatic carbocycles. The fourth-order valence-electron chi connectivity index (χ4n) is 0.646. The summed E-state index contributed by atoms with van der Waals surface area (Å²) < 4.78 is 0. The van der Waals surface area contributed by atoms with Gasteiger partial charge in [0.2, 0.25) is 0 Å². The highest BCUT2D eigenvalue weighted by molar-refractivity contribution is 5.24. The molecule has 58 valence electrons. The maximum Gasteiger partial charge on any atom is 0.299 e. The number of aryl methyl sites for hydroxylation is 1. The second-order valence-corrected chi connectivity index (χ2v) is 1.90. The molecule has 0 saturated carbocycles. The Kier molecular flexibility index (Phi) is 2.00. The number of pyridine rings is 1. The molecule has 0 spiro atoms. The standard InChI is InChI=1S/C6H6N2O3/c1-5-6(11-8(9)10)3-2-4-7-5/h2-4H,1H3. The highest BCUT2D eigenvalue weighted by Crippen LogP contribution is 2.12. The quantitative estimate of drug-likeness (QED) is 0.470. The molecule has 0 aliphatic heterocycles. The summed E-state index contributed by atoms with van der Waals surface area (Å²) in [6, 6.07) is 3.07. The average molecular weight is 154 g/mol. The molecule has 0 N–H and O–H groups in total. The van der Waals surface area contributed by atoms with Crippen molar-refractivity contribution < 1.29 is 9.92 Å². The van der Waals surface area contributed by atoms with Crippen LogP contribution in [0.25, 0.3) is 0 Å². The van der Waals surface area contributed by atoms with E-state index in [0.29, 0.717) is 5.69 Å². The fraction of sp³-hybridized carbons (Fsp3) is 0.167. The number of hydrogen-bond donors (Lipinski definition) is 0. The van der Waals surface area contributed by atoms with Crippen LogP contribution in [0.3, 0.4) is 0 Å². The van der Waals surface area contributed by atoms with Gasteiger partial charge in [0.05, 0.1) is 5.69 Å². The minimum absolute atomic E-state index is 0.178. The summed E-state index contributed by atoms with van der Waals surface area (Å²) >= 11 is 0. The van der Waals surface area contributed by atoms with E-state index in [0.717, 1.165) is 0 Å². The normalized spacial score (nSPS) is 9.18. The van der Waals surface area contributed by atoms with Crippen LogP contribution in [0.15, 0.2) is 18.3 Å². The third kappa shape index (κ3) is 1.89. The third-order valence-electron chi connectivity index (χ3n) is 1.13. The molecule has 5 heteroatoms. The number of hydrogen-bond acceptors (Lipinski definition) is 4. The fourth-order valence-corrected chi connectivity index (χ4v) is 0.646. The van der Waals surface area contributed by atoms with Crippen molar-refractivity contribution in [2.45, 2.75) is 6.92 Å². The van der Waals surface area contributed by atoms with E-state index >= 15 is 0 Å². The molecule has 0 radical (unpaired) electrons. The second-order valence-electron chi connectivity index (χ2n) is 1.90. The van der Waals surface area contributed by atoms with E-state index in [4.69, 9.17) is 0 Å². The molecule has 11 heavy (non-hydrogen) atoms. The van der Waals surface area contributed by atoms with Crippen molar-refractivity contribution in [3.05, 3.63) is 34.1 Å². The van der Waals surface area contributed by atoms with Gasteiger partial charge in [-0.15, -0.1) is 10.1 Å². The van der Waals surface area contributed by atoms with Crippen molar-refractivity contribution in [3.8, 4) is 5.75 Å². The van der Waals surface area contributed by atoms with E-state index in [1.807, 2.05) is 0 Å². The Labute approximate surface area is 62.7 Å². The van der Waals surface area contributed by atoms with Gasteiger partial charge in [-0.25, -0.2) is 0 Å². The molecule has 0 aliphatic rings. The van der Waals surface area contributed by atoms with Gasteiger partial charge in [-0.05, 0) is 19.1 Å². The lowest BCUT2D eigenvalue weighted by molar-refractivity contribution is -0.711. The molecule has 0 fully saturated rings. The molecule has 1 rings (SSSR count). The first kappa shape index (κ1) is 7.46. The summed E-state index contributed by atoms with van der Waals surface area (Å²) in [6.45, 7) is 1.64. The smallest absolute Gasteiger partial charge is 0.274 e. The van der Waals surface area contributed by atoms with Crippen LogP contribution in [-0.4, -0.2) is 10.1 Å². The Morgan fingerprint density at radius 1 is 1.73 bits per heavy atom. The molecule has 1 aromatic rings. The van der Waals surface area contributed by atoms with Crippen LogP contribution >= 0.6 is 0 Å². The van der Waals surface area contributed by atoms with E-state index < -0.39 is 5.09 Å². The molecular weight excluding hydrogens is 148 g/mol. The molecule has 5 nitrogen and oxygen atoms in total. The average Bonchev–Trinajstić information content (AvgIpc) is 1.93. The van der Waals surface area contributed by atoms with Crippen molar-refractivity contribution in [1.82, 2.24) is 4.98 Å². The van der Waals surface area contributed by atoms with Crippen molar-refractivity contribution in [2.75, 3.05) is 0 Å². The zero-order valence-electron chi connectivity index (χ0n) is 5.85. The maximum absolute atomic E-state index is 9.88. The third-order valence-corrected chi connectivity index (χ3v) is 1.13. The highest BCUT2D eigenvalue weighted by Gasteiger charge is 2.01. The summed E-state index contributed by atoms with van der Waals surface area (Å²) in [6.07, 6.45) is 1.54. The van der Waals surface area contributed by atoms with Crippen LogP contribution in [0.4, 0.5) is 0 Å². The van der Waals surface area contributed by atoms with Gasteiger partial charge in [-0.2, -0.15) is 0 Å². The Bertz CT molecular complexity index is 274. The monoisotopic (exact) mass is 154 g/mol. The first-order valence-electron chi connectivity index (χ1n) is 2.94. The number of aromatic nitrogens is 1. The zero-order chi connectivity index (χ0) is 8.27. The van der Waals surface area contributed by atoms with Crippen LogP contribution in [0.1, 0.15) is 5.69 Å². The van der Waals surface area contributed by atoms with Crippen molar-refractivity contribution in [1.29, 1.82) is 0 Å². The van der Waals surface area contributed by atoms with Gasteiger partial charge in [0.1, 0.15) is 5.75 Å². The van der Waals surface area contributed by atoms with Crippen molar-refractivity contribution >= 4 is 0 Å². The van der Waals surface area contributed by atoms with Gasteiger partial charge in [0.25, 0.3) is 5.09 Å². The second kappa shape index (κ2) is 2.96. The first-order chi connectivity index (χ1) is 5.20. The van der Waals surface area contributed by atoms with E-state index in [-0.39, 0.29) is 5.75 Å². The molecule has 0 aromatic carbocycles. The molecule has 0 saturated heterocycles. The molecule has 0 atom stereocenters. The lowest BCUT2D eigenvalue weighted by atomic mass is 10.3. The Balaban J connectivity index is 2.86. The predicted molar refractivity (Wildman–Crippen MR) is 36.6 cm³/mol. The van der Waals surface area contributed by atoms with Crippen LogP contribution < -0.4 is 4.84 Å². The summed E-state index contributed by atoms with van der Waals surface area (Å²) in [7, 11) is 0. The maximum atomic E-state index is 9.88. The molecule has 1 heterocycles. The minimum Gasteiger partial charge on any atom is -0.274 e. The van der Waals surface area contributed by atoms with Gasteiger partial charge >= 0.3 is 0 Å². The van der Waals surface area contributed by atoms with Crippen LogP contribution in [-0.2, 0) is 0 Å². The topological polar surface area (TPSA) is 65.3 Å². The lowest BCUT2D eigenvalue weighted by Gasteiger charge is -1.99. The van der Waals surface area contributed by atoms with E-state index in [1.54, 1.807) is 19.2 Å². The zero-order valence-corrected chi connectivity index (χ0v) is 5.85. The Hall–Kier alpha value is -1.65. The van der Waals surface area contributed by atoms with Gasteiger partial charge in [-0.1, -0.05) is 0 Å². The van der Waals surface area contributed by atoms with E-state index in [1.165, 1.54) is 6.07 Å². The van der Waals surface area contributed by atoms with Crippen LogP contribution in [0.5, 0.6) is 5.75 Å². The summed E-state index contributed by atoms with van der Waals surface area (Å²) in [5.74, 6) is 0.178. The van der Waals surface area contributed by atoms with Crippen LogP contribution in [0.2, 0.25) is 0 Å². The molecule has 0 amide bonds. The van der Waals surface area contributed by atoms with Crippen molar-refractivity contribution in [2.24, 2.45) is 0 Å². The summed E-state index contributed by atoms with van der Waals surface area (Å²) in [4.78, 5) is 17.9. The highest BCUT2D eigenvalue weighted by atomic mass is 17.0. The van der Waals surface area contributed by atoms with Gasteiger partial charge < -0.3 is 0 Å². The Morgan fingerprint density at radius 3 is 3.00 bits per heavy atom. The van der Waals surface area contributed by atoms with E-state index in [2.05, 4.69) is 9.82 Å². The van der Waals surface area contributed by atoms with Gasteiger partial charge in [0.15, 0.2) is 0 Å². The van der Waals surface area contributed by atoms with Crippen molar-refractivity contribution in [3.63, 3.8) is 0 Å². The molecule has 0 unspecified atom stereocenters. The van der Waals surface area contributed by atoms with Gasteiger partial charge in [-0.3, -0.25) is 9.82 Å². The summed E-state index contributed by atoms with van der Waals surface area (Å²) in [5, 5.41) is 9.02.